The number of hydrogen-bond donors (Lipinski definition) is 1. The first-order chi connectivity index (χ1) is 9.97. The van der Waals surface area contributed by atoms with Gasteiger partial charge in [-0.25, -0.2) is 0 Å². The van der Waals surface area contributed by atoms with E-state index < -0.39 is 11.9 Å². The molecule has 1 aliphatic heterocycles. The summed E-state index contributed by atoms with van der Waals surface area (Å²) in [6.07, 6.45) is 8.20. The summed E-state index contributed by atoms with van der Waals surface area (Å²) < 4.78 is 0. The van der Waals surface area contributed by atoms with Crippen LogP contribution in [0.2, 0.25) is 0 Å². The van der Waals surface area contributed by atoms with Gasteiger partial charge in [-0.1, -0.05) is 0 Å². The molecule has 5 fully saturated rings. The van der Waals surface area contributed by atoms with Crippen molar-refractivity contribution >= 4 is 11.9 Å². The van der Waals surface area contributed by atoms with E-state index in [1.807, 2.05) is 4.90 Å². The predicted molar refractivity (Wildman–Crippen MR) is 77.5 cm³/mol. The smallest absolute Gasteiger partial charge is 0.308 e. The molecule has 5 aliphatic rings. The number of carboxylic acids is 1. The third-order valence-corrected chi connectivity index (χ3v) is 6.95. The van der Waals surface area contributed by atoms with Gasteiger partial charge in [-0.15, -0.1) is 0 Å². The number of carbonyl (C=O) groups excluding carboxylic acids is 1. The molecule has 4 saturated carbocycles. The minimum absolute atomic E-state index is 0.0608. The van der Waals surface area contributed by atoms with Crippen molar-refractivity contribution in [3.05, 3.63) is 0 Å². The SMILES string of the molecule is CC(N1CC(C(=O)O)CC1=O)C12CC3CC(CC(C3)C1)C2. The van der Waals surface area contributed by atoms with Gasteiger partial charge in [0.05, 0.1) is 5.92 Å². The second kappa shape index (κ2) is 4.47. The molecule has 5 rings (SSSR count). The van der Waals surface area contributed by atoms with Crippen LogP contribution in [0.3, 0.4) is 0 Å². The first-order valence-corrected chi connectivity index (χ1v) is 8.49. The van der Waals surface area contributed by atoms with E-state index in [-0.39, 0.29) is 23.8 Å². The minimum atomic E-state index is -0.816. The van der Waals surface area contributed by atoms with E-state index >= 15 is 0 Å². The van der Waals surface area contributed by atoms with Gasteiger partial charge in [-0.05, 0) is 68.6 Å². The molecule has 1 heterocycles. The Kier molecular flexibility index (Phi) is 2.89. The summed E-state index contributed by atoms with van der Waals surface area (Å²) in [5.41, 5.74) is 0.289. The van der Waals surface area contributed by atoms with Crippen molar-refractivity contribution in [3.63, 3.8) is 0 Å². The van der Waals surface area contributed by atoms with E-state index in [9.17, 15) is 14.7 Å². The Morgan fingerprint density at radius 3 is 2.14 bits per heavy atom. The highest BCUT2D eigenvalue weighted by atomic mass is 16.4. The highest BCUT2D eigenvalue weighted by molar-refractivity contribution is 5.86. The van der Waals surface area contributed by atoms with E-state index in [1.54, 1.807) is 0 Å². The average molecular weight is 291 g/mol. The fraction of sp³-hybridized carbons (Fsp3) is 0.882. The molecular weight excluding hydrogens is 266 g/mol. The number of aliphatic carboxylic acids is 1. The molecule has 4 bridgehead atoms. The maximum absolute atomic E-state index is 12.3. The van der Waals surface area contributed by atoms with Gasteiger partial charge in [-0.3, -0.25) is 9.59 Å². The fourth-order valence-corrected chi connectivity index (χ4v) is 6.29. The highest BCUT2D eigenvalue weighted by Crippen LogP contribution is 2.62. The molecule has 2 atom stereocenters. The lowest BCUT2D eigenvalue weighted by atomic mass is 9.47. The summed E-state index contributed by atoms with van der Waals surface area (Å²) in [5.74, 6) is 1.35. The average Bonchev–Trinajstić information content (AvgIpc) is 2.78. The number of nitrogens with zero attached hydrogens (tertiary/aromatic N) is 1. The zero-order valence-electron chi connectivity index (χ0n) is 12.8. The minimum Gasteiger partial charge on any atom is -0.481 e. The third-order valence-electron chi connectivity index (χ3n) is 6.95. The monoisotopic (exact) mass is 291 g/mol. The standard InChI is InChI=1S/C17H25NO3/c1-10(18-9-14(16(20)21)5-15(18)19)17-6-11-2-12(7-17)4-13(3-11)8-17/h10-14H,2-9H2,1H3,(H,20,21). The zero-order valence-corrected chi connectivity index (χ0v) is 12.8. The first kappa shape index (κ1) is 13.6. The summed E-state index contributed by atoms with van der Waals surface area (Å²) in [4.78, 5) is 25.4. The number of hydrogen-bond acceptors (Lipinski definition) is 2. The Labute approximate surface area is 125 Å². The quantitative estimate of drug-likeness (QED) is 0.869. The summed E-state index contributed by atoms with van der Waals surface area (Å²) in [6.45, 7) is 2.62. The van der Waals surface area contributed by atoms with Crippen molar-refractivity contribution in [2.45, 2.75) is 57.9 Å². The van der Waals surface area contributed by atoms with Crippen molar-refractivity contribution in [1.29, 1.82) is 0 Å². The molecule has 1 saturated heterocycles. The third kappa shape index (κ3) is 2.01. The molecule has 21 heavy (non-hydrogen) atoms. The molecule has 4 aliphatic carbocycles. The largest absolute Gasteiger partial charge is 0.481 e. The summed E-state index contributed by atoms with van der Waals surface area (Å²) >= 11 is 0. The van der Waals surface area contributed by atoms with E-state index in [0.717, 1.165) is 17.8 Å². The molecule has 2 unspecified atom stereocenters. The number of likely N-dealkylation sites (tertiary alicyclic amines) is 1. The Morgan fingerprint density at radius 2 is 1.71 bits per heavy atom. The van der Waals surface area contributed by atoms with Gasteiger partial charge in [0.1, 0.15) is 0 Å². The van der Waals surface area contributed by atoms with Crippen molar-refractivity contribution in [3.8, 4) is 0 Å². The molecule has 116 valence electrons. The van der Waals surface area contributed by atoms with E-state index in [0.29, 0.717) is 6.54 Å². The number of carbonyl (C=O) groups is 2. The van der Waals surface area contributed by atoms with E-state index in [2.05, 4.69) is 6.92 Å². The van der Waals surface area contributed by atoms with Gasteiger partial charge in [0.2, 0.25) is 5.91 Å². The molecule has 0 aromatic carbocycles. The van der Waals surface area contributed by atoms with Crippen molar-refractivity contribution in [2.24, 2.45) is 29.1 Å². The maximum atomic E-state index is 12.3. The molecule has 0 aromatic rings. The maximum Gasteiger partial charge on any atom is 0.308 e. The summed E-state index contributed by atoms with van der Waals surface area (Å²) in [5, 5.41) is 9.19. The number of carboxylic acid groups (broad SMARTS) is 1. The molecule has 4 heteroatoms. The predicted octanol–water partition coefficient (Wildman–Crippen LogP) is 2.52. The molecule has 1 amide bonds. The molecule has 0 radical (unpaired) electrons. The Bertz CT molecular complexity index is 451. The second-order valence-electron chi connectivity index (χ2n) is 8.24. The lowest BCUT2D eigenvalue weighted by molar-refractivity contribution is -0.141. The van der Waals surface area contributed by atoms with Gasteiger partial charge < -0.3 is 10.0 Å². The molecular formula is C17H25NO3. The van der Waals surface area contributed by atoms with Crippen LogP contribution in [0, 0.1) is 29.1 Å². The first-order valence-electron chi connectivity index (χ1n) is 8.49. The number of rotatable bonds is 3. The molecule has 1 N–H and O–H groups in total. The Balaban J connectivity index is 1.56. The second-order valence-corrected chi connectivity index (χ2v) is 8.24. The van der Waals surface area contributed by atoms with Gasteiger partial charge in [0.15, 0.2) is 0 Å². The van der Waals surface area contributed by atoms with Crippen molar-refractivity contribution < 1.29 is 14.7 Å². The van der Waals surface area contributed by atoms with Crippen LogP contribution >= 0.6 is 0 Å². The topological polar surface area (TPSA) is 57.6 Å². The van der Waals surface area contributed by atoms with Crippen LogP contribution in [0.25, 0.3) is 0 Å². The van der Waals surface area contributed by atoms with Crippen LogP contribution in [0.4, 0.5) is 0 Å². The number of amides is 1. The van der Waals surface area contributed by atoms with Gasteiger partial charge in [-0.2, -0.15) is 0 Å². The lowest BCUT2D eigenvalue weighted by Crippen LogP contribution is -2.56. The van der Waals surface area contributed by atoms with Crippen molar-refractivity contribution in [1.82, 2.24) is 4.90 Å². The summed E-state index contributed by atoms with van der Waals surface area (Å²) in [6, 6.07) is 0.225. The van der Waals surface area contributed by atoms with Gasteiger partial charge in [0, 0.05) is 19.0 Å². The van der Waals surface area contributed by atoms with Crippen LogP contribution in [0.1, 0.15) is 51.9 Å². The zero-order chi connectivity index (χ0) is 14.8. The van der Waals surface area contributed by atoms with Crippen LogP contribution in [-0.2, 0) is 9.59 Å². The van der Waals surface area contributed by atoms with Gasteiger partial charge >= 0.3 is 5.97 Å². The molecule has 0 aromatic heterocycles. The Morgan fingerprint density at radius 1 is 1.19 bits per heavy atom. The van der Waals surface area contributed by atoms with E-state index in [4.69, 9.17) is 0 Å². The van der Waals surface area contributed by atoms with Crippen LogP contribution in [0.15, 0.2) is 0 Å². The van der Waals surface area contributed by atoms with Crippen LogP contribution in [-0.4, -0.2) is 34.5 Å². The van der Waals surface area contributed by atoms with Crippen LogP contribution in [0.5, 0.6) is 0 Å². The molecule has 4 nitrogen and oxygen atoms in total. The molecule has 0 spiro atoms. The highest BCUT2D eigenvalue weighted by Gasteiger charge is 2.55. The van der Waals surface area contributed by atoms with Crippen LogP contribution < -0.4 is 0 Å². The van der Waals surface area contributed by atoms with Gasteiger partial charge in [0.25, 0.3) is 0 Å². The fourth-order valence-electron chi connectivity index (χ4n) is 6.29. The summed E-state index contributed by atoms with van der Waals surface area (Å²) in [7, 11) is 0. The van der Waals surface area contributed by atoms with E-state index in [1.165, 1.54) is 38.5 Å². The lowest BCUT2D eigenvalue weighted by Gasteiger charge is -2.60. The van der Waals surface area contributed by atoms with Crippen molar-refractivity contribution in [2.75, 3.05) is 6.54 Å². The normalized spacial score (nSPS) is 46.1. The Hall–Kier alpha value is -1.06.